The van der Waals surface area contributed by atoms with E-state index in [1.807, 2.05) is 24.3 Å². The van der Waals surface area contributed by atoms with Crippen molar-refractivity contribution >= 4 is 5.91 Å². The number of amides is 1. The molecule has 0 saturated carbocycles. The van der Waals surface area contributed by atoms with Gasteiger partial charge in [0.1, 0.15) is 5.82 Å². The van der Waals surface area contributed by atoms with Crippen molar-refractivity contribution in [3.8, 4) is 11.1 Å². The quantitative estimate of drug-likeness (QED) is 0.888. The number of halogens is 1. The van der Waals surface area contributed by atoms with E-state index in [0.717, 1.165) is 16.7 Å². The number of carbonyl (C=O) groups is 1. The molecule has 21 heavy (non-hydrogen) atoms. The molecule has 2 aromatic carbocycles. The largest absolute Gasteiger partial charge is 0.392 e. The average Bonchev–Trinajstić information content (AvgIpc) is 2.53. The molecule has 0 aliphatic heterocycles. The first kappa shape index (κ1) is 15.2. The number of aliphatic hydroxyl groups is 1. The molecule has 4 heteroatoms. The summed E-state index contributed by atoms with van der Waals surface area (Å²) in [5.41, 5.74) is 3.01. The lowest BCUT2D eigenvalue weighted by atomic mass is 10.0. The molecule has 0 bridgehead atoms. The van der Waals surface area contributed by atoms with Crippen molar-refractivity contribution in [3.63, 3.8) is 0 Å². The second kappa shape index (κ2) is 6.99. The van der Waals surface area contributed by atoms with E-state index >= 15 is 0 Å². The molecule has 0 aromatic heterocycles. The summed E-state index contributed by atoms with van der Waals surface area (Å²) in [6.45, 7) is 1.95. The minimum Gasteiger partial charge on any atom is -0.392 e. The summed E-state index contributed by atoms with van der Waals surface area (Å²) in [5.74, 6) is -0.405. The molecule has 0 saturated heterocycles. The highest BCUT2D eigenvalue weighted by atomic mass is 19.1. The number of nitrogens with one attached hydrogen (secondary N) is 1. The number of benzene rings is 2. The first-order valence-electron chi connectivity index (χ1n) is 6.89. The van der Waals surface area contributed by atoms with Gasteiger partial charge in [0, 0.05) is 18.5 Å². The summed E-state index contributed by atoms with van der Waals surface area (Å²) in [4.78, 5) is 11.3. The van der Waals surface area contributed by atoms with E-state index in [2.05, 4.69) is 5.32 Å². The Morgan fingerprint density at radius 1 is 1.19 bits per heavy atom. The van der Waals surface area contributed by atoms with Crippen molar-refractivity contribution in [2.45, 2.75) is 26.5 Å². The van der Waals surface area contributed by atoms with Crippen LogP contribution in [0, 0.1) is 5.82 Å². The molecule has 0 heterocycles. The second-order valence-corrected chi connectivity index (χ2v) is 4.79. The molecule has 2 aromatic rings. The van der Waals surface area contributed by atoms with Crippen molar-refractivity contribution < 1.29 is 14.3 Å². The highest BCUT2D eigenvalue weighted by Crippen LogP contribution is 2.23. The lowest BCUT2D eigenvalue weighted by Gasteiger charge is -2.08. The van der Waals surface area contributed by atoms with Crippen LogP contribution in [-0.4, -0.2) is 11.0 Å². The van der Waals surface area contributed by atoms with Gasteiger partial charge in [-0.25, -0.2) is 4.39 Å². The minimum absolute atomic E-state index is 0.00440. The van der Waals surface area contributed by atoms with Crippen molar-refractivity contribution in [2.24, 2.45) is 0 Å². The second-order valence-electron chi connectivity index (χ2n) is 4.79. The van der Waals surface area contributed by atoms with Gasteiger partial charge < -0.3 is 10.4 Å². The van der Waals surface area contributed by atoms with Gasteiger partial charge in [-0.05, 0) is 34.9 Å². The SMILES string of the molecule is CCC(=O)NCc1cccc(-c2ccc(F)c(CO)c2)c1. The van der Waals surface area contributed by atoms with Crippen molar-refractivity contribution in [1.82, 2.24) is 5.32 Å². The molecule has 3 nitrogen and oxygen atoms in total. The third kappa shape index (κ3) is 3.89. The van der Waals surface area contributed by atoms with Gasteiger partial charge >= 0.3 is 0 Å². The van der Waals surface area contributed by atoms with E-state index in [4.69, 9.17) is 5.11 Å². The van der Waals surface area contributed by atoms with Crippen LogP contribution in [0.1, 0.15) is 24.5 Å². The highest BCUT2D eigenvalue weighted by Gasteiger charge is 2.05. The van der Waals surface area contributed by atoms with Crippen LogP contribution in [-0.2, 0) is 17.9 Å². The first-order chi connectivity index (χ1) is 10.1. The number of carbonyl (C=O) groups excluding carboxylic acids is 1. The molecule has 2 N–H and O–H groups in total. The van der Waals surface area contributed by atoms with Crippen molar-refractivity contribution in [3.05, 3.63) is 59.4 Å². The maximum atomic E-state index is 13.4. The first-order valence-corrected chi connectivity index (χ1v) is 6.89. The van der Waals surface area contributed by atoms with Gasteiger partial charge in [0.25, 0.3) is 0 Å². The van der Waals surface area contributed by atoms with Crippen molar-refractivity contribution in [1.29, 1.82) is 0 Å². The Hall–Kier alpha value is -2.20. The van der Waals surface area contributed by atoms with E-state index in [1.54, 1.807) is 19.1 Å². The molecule has 0 spiro atoms. The Kier molecular flexibility index (Phi) is 5.06. The van der Waals surface area contributed by atoms with Crippen molar-refractivity contribution in [2.75, 3.05) is 0 Å². The summed E-state index contributed by atoms with van der Waals surface area (Å²) in [7, 11) is 0. The van der Waals surface area contributed by atoms with Gasteiger partial charge in [0.15, 0.2) is 0 Å². The van der Waals surface area contributed by atoms with Gasteiger partial charge in [-0.15, -0.1) is 0 Å². The van der Waals surface area contributed by atoms with Crippen LogP contribution in [0.2, 0.25) is 0 Å². The molecular weight excluding hydrogens is 269 g/mol. The summed E-state index contributed by atoms with van der Waals surface area (Å²) in [5, 5.41) is 11.9. The summed E-state index contributed by atoms with van der Waals surface area (Å²) in [6.07, 6.45) is 0.456. The van der Waals surface area contributed by atoms with Crippen LogP contribution in [0.4, 0.5) is 4.39 Å². The highest BCUT2D eigenvalue weighted by molar-refractivity contribution is 5.75. The van der Waals surface area contributed by atoms with Gasteiger partial charge in [-0.3, -0.25) is 4.79 Å². The normalized spacial score (nSPS) is 10.4. The lowest BCUT2D eigenvalue weighted by molar-refractivity contribution is -0.120. The fourth-order valence-electron chi connectivity index (χ4n) is 2.06. The Balaban J connectivity index is 2.22. The van der Waals surface area contributed by atoms with E-state index in [0.29, 0.717) is 13.0 Å². The fourth-order valence-corrected chi connectivity index (χ4v) is 2.06. The zero-order valence-corrected chi connectivity index (χ0v) is 11.9. The molecule has 0 unspecified atom stereocenters. The third-order valence-electron chi connectivity index (χ3n) is 3.29. The van der Waals surface area contributed by atoms with Crippen LogP contribution in [0.5, 0.6) is 0 Å². The van der Waals surface area contributed by atoms with Crippen LogP contribution in [0.25, 0.3) is 11.1 Å². The standard InChI is InChI=1S/C17H18FNO2/c1-2-17(21)19-10-12-4-3-5-13(8-12)14-6-7-16(18)15(9-14)11-20/h3-9,20H,2,10-11H2,1H3,(H,19,21). The topological polar surface area (TPSA) is 49.3 Å². The van der Waals surface area contributed by atoms with Crippen LogP contribution in [0.3, 0.4) is 0 Å². The number of hydrogen-bond acceptors (Lipinski definition) is 2. The van der Waals surface area contributed by atoms with Gasteiger partial charge in [-0.2, -0.15) is 0 Å². The lowest BCUT2D eigenvalue weighted by Crippen LogP contribution is -2.21. The molecule has 1 amide bonds. The molecule has 0 radical (unpaired) electrons. The van der Waals surface area contributed by atoms with E-state index in [-0.39, 0.29) is 18.1 Å². The van der Waals surface area contributed by atoms with E-state index in [1.165, 1.54) is 6.07 Å². The predicted molar refractivity (Wildman–Crippen MR) is 79.9 cm³/mol. The Morgan fingerprint density at radius 2 is 1.95 bits per heavy atom. The molecule has 0 aliphatic carbocycles. The molecule has 110 valence electrons. The van der Waals surface area contributed by atoms with Crippen LogP contribution in [0.15, 0.2) is 42.5 Å². The fraction of sp³-hybridized carbons (Fsp3) is 0.235. The Labute approximate surface area is 123 Å². The van der Waals surface area contributed by atoms with E-state index < -0.39 is 5.82 Å². The summed E-state index contributed by atoms with van der Waals surface area (Å²) >= 11 is 0. The summed E-state index contributed by atoms with van der Waals surface area (Å²) in [6, 6.07) is 12.4. The molecule has 2 rings (SSSR count). The predicted octanol–water partition coefficient (Wildman–Crippen LogP) is 3.01. The average molecular weight is 287 g/mol. The van der Waals surface area contributed by atoms with Gasteiger partial charge in [-0.1, -0.05) is 31.2 Å². The van der Waals surface area contributed by atoms with Gasteiger partial charge in [0.05, 0.1) is 6.61 Å². The third-order valence-corrected chi connectivity index (χ3v) is 3.29. The minimum atomic E-state index is -0.410. The maximum absolute atomic E-state index is 13.4. The molecule has 0 atom stereocenters. The smallest absolute Gasteiger partial charge is 0.219 e. The maximum Gasteiger partial charge on any atom is 0.219 e. The van der Waals surface area contributed by atoms with Crippen LogP contribution < -0.4 is 5.32 Å². The Morgan fingerprint density at radius 3 is 2.67 bits per heavy atom. The summed E-state index contributed by atoms with van der Waals surface area (Å²) < 4.78 is 13.4. The molecule has 0 aliphatic rings. The Bertz CT molecular complexity index is 640. The zero-order chi connectivity index (χ0) is 15.2. The number of aliphatic hydroxyl groups excluding tert-OH is 1. The molecular formula is C17H18FNO2. The zero-order valence-electron chi connectivity index (χ0n) is 11.9. The number of rotatable bonds is 5. The van der Waals surface area contributed by atoms with E-state index in [9.17, 15) is 9.18 Å². The number of hydrogen-bond donors (Lipinski definition) is 2. The van der Waals surface area contributed by atoms with Gasteiger partial charge in [0.2, 0.25) is 5.91 Å². The van der Waals surface area contributed by atoms with Crippen LogP contribution >= 0.6 is 0 Å². The molecule has 0 fully saturated rings. The monoisotopic (exact) mass is 287 g/mol.